The van der Waals surface area contributed by atoms with E-state index in [9.17, 15) is 4.79 Å². The number of benzene rings is 2. The van der Waals surface area contributed by atoms with E-state index in [0.29, 0.717) is 18.2 Å². The predicted octanol–water partition coefficient (Wildman–Crippen LogP) is 3.02. The van der Waals surface area contributed by atoms with Crippen molar-refractivity contribution in [1.82, 2.24) is 15.1 Å². The second kappa shape index (κ2) is 7.86. The zero-order valence-electron chi connectivity index (χ0n) is 15.8. The maximum atomic E-state index is 12.8. The molecule has 144 valence electrons. The van der Waals surface area contributed by atoms with Crippen molar-refractivity contribution in [3.8, 4) is 22.7 Å². The lowest BCUT2D eigenvalue weighted by atomic mass is 10.1. The van der Waals surface area contributed by atoms with Gasteiger partial charge in [-0.3, -0.25) is 4.79 Å². The summed E-state index contributed by atoms with van der Waals surface area (Å²) in [6.07, 6.45) is 2.25. The van der Waals surface area contributed by atoms with Gasteiger partial charge in [0.25, 0.3) is 5.91 Å². The van der Waals surface area contributed by atoms with Gasteiger partial charge in [0.15, 0.2) is 5.69 Å². The van der Waals surface area contributed by atoms with E-state index in [-0.39, 0.29) is 11.9 Å². The van der Waals surface area contributed by atoms with Crippen molar-refractivity contribution in [2.45, 2.75) is 18.9 Å². The Balaban J connectivity index is 1.70. The number of ether oxygens (including phenoxy) is 1. The number of carbonyl (C=O) groups excluding carboxylic acids is 1. The molecule has 1 aliphatic rings. The Morgan fingerprint density at radius 1 is 1.21 bits per heavy atom. The van der Waals surface area contributed by atoms with E-state index in [1.807, 2.05) is 60.7 Å². The number of aromatic nitrogens is 2. The summed E-state index contributed by atoms with van der Waals surface area (Å²) in [5, 5.41) is 7.65. The van der Waals surface area contributed by atoms with Gasteiger partial charge >= 0.3 is 0 Å². The van der Waals surface area contributed by atoms with Gasteiger partial charge in [-0.1, -0.05) is 18.2 Å². The molecule has 1 aliphatic carbocycles. The first-order valence-electron chi connectivity index (χ1n) is 9.50. The first kappa shape index (κ1) is 18.3. The van der Waals surface area contributed by atoms with E-state index >= 15 is 0 Å². The van der Waals surface area contributed by atoms with Crippen LogP contribution in [0.25, 0.3) is 16.9 Å². The molecule has 1 heterocycles. The quantitative estimate of drug-likeness (QED) is 0.664. The van der Waals surface area contributed by atoms with Crippen molar-refractivity contribution in [2.24, 2.45) is 11.7 Å². The zero-order valence-corrected chi connectivity index (χ0v) is 15.8. The van der Waals surface area contributed by atoms with Gasteiger partial charge in [-0.2, -0.15) is 5.10 Å². The smallest absolute Gasteiger partial charge is 0.272 e. The van der Waals surface area contributed by atoms with E-state index in [2.05, 4.69) is 10.4 Å². The van der Waals surface area contributed by atoms with Gasteiger partial charge in [0, 0.05) is 18.2 Å². The first-order valence-corrected chi connectivity index (χ1v) is 9.50. The van der Waals surface area contributed by atoms with Gasteiger partial charge in [0.1, 0.15) is 5.75 Å². The number of nitrogens with two attached hydrogens (primary N) is 1. The molecule has 1 fully saturated rings. The lowest BCUT2D eigenvalue weighted by Gasteiger charge is -2.14. The van der Waals surface area contributed by atoms with E-state index in [1.54, 1.807) is 11.8 Å². The summed E-state index contributed by atoms with van der Waals surface area (Å²) in [6, 6.07) is 19.3. The topological polar surface area (TPSA) is 82.2 Å². The molecule has 3 N–H and O–H groups in total. The minimum absolute atomic E-state index is 0.0128. The summed E-state index contributed by atoms with van der Waals surface area (Å²) in [4.78, 5) is 12.8. The van der Waals surface area contributed by atoms with Crippen LogP contribution in [0.1, 0.15) is 23.3 Å². The van der Waals surface area contributed by atoms with Crippen molar-refractivity contribution in [1.29, 1.82) is 0 Å². The highest BCUT2D eigenvalue weighted by Gasteiger charge is 2.32. The molecule has 1 unspecified atom stereocenters. The molecular formula is C22H24N4O2. The molecule has 1 atom stereocenters. The molecule has 0 bridgehead atoms. The third-order valence-electron chi connectivity index (χ3n) is 5.09. The molecule has 1 aromatic heterocycles. The largest absolute Gasteiger partial charge is 0.497 e. The van der Waals surface area contributed by atoms with Gasteiger partial charge < -0.3 is 15.8 Å². The average molecular weight is 376 g/mol. The molecular weight excluding hydrogens is 352 g/mol. The maximum Gasteiger partial charge on any atom is 0.272 e. The molecule has 1 saturated carbocycles. The Bertz CT molecular complexity index is 946. The van der Waals surface area contributed by atoms with Crippen molar-refractivity contribution in [2.75, 3.05) is 13.7 Å². The summed E-state index contributed by atoms with van der Waals surface area (Å²) < 4.78 is 7.05. The van der Waals surface area contributed by atoms with Crippen LogP contribution in [0.2, 0.25) is 0 Å². The third-order valence-corrected chi connectivity index (χ3v) is 5.09. The Kier molecular flexibility index (Phi) is 5.12. The maximum absolute atomic E-state index is 12.8. The van der Waals surface area contributed by atoms with Crippen LogP contribution >= 0.6 is 0 Å². The normalized spacial score (nSPS) is 14.5. The summed E-state index contributed by atoms with van der Waals surface area (Å²) in [5.41, 5.74) is 8.90. The van der Waals surface area contributed by atoms with E-state index < -0.39 is 0 Å². The van der Waals surface area contributed by atoms with Gasteiger partial charge in [-0.25, -0.2) is 4.68 Å². The number of rotatable bonds is 7. The monoisotopic (exact) mass is 376 g/mol. The average Bonchev–Trinajstić information content (AvgIpc) is 3.50. The minimum Gasteiger partial charge on any atom is -0.497 e. The Morgan fingerprint density at radius 3 is 2.54 bits per heavy atom. The van der Waals surface area contributed by atoms with Crippen LogP contribution in [0.4, 0.5) is 0 Å². The number of hydrogen-bond acceptors (Lipinski definition) is 4. The van der Waals surface area contributed by atoms with Gasteiger partial charge in [0.2, 0.25) is 0 Å². The molecule has 3 aromatic rings. The Labute approximate surface area is 164 Å². The number of methoxy groups -OCH3 is 1. The van der Waals surface area contributed by atoms with Crippen LogP contribution in [0.3, 0.4) is 0 Å². The highest BCUT2D eigenvalue weighted by molar-refractivity contribution is 5.94. The standard InChI is InChI=1S/C22H24N4O2/c1-28-18-11-9-16(10-12-18)21-13-19(22(27)24-20(14-23)15-7-8-15)25-26(21)17-5-3-2-4-6-17/h2-6,9-13,15,20H,7-8,14,23H2,1H3,(H,24,27). The molecule has 6 nitrogen and oxygen atoms in total. The highest BCUT2D eigenvalue weighted by atomic mass is 16.5. The fourth-order valence-electron chi connectivity index (χ4n) is 3.34. The molecule has 1 amide bonds. The van der Waals surface area contributed by atoms with Gasteiger partial charge in [0.05, 0.1) is 18.5 Å². The van der Waals surface area contributed by atoms with Crippen LogP contribution < -0.4 is 15.8 Å². The predicted molar refractivity (Wildman–Crippen MR) is 109 cm³/mol. The molecule has 2 aromatic carbocycles. The first-order chi connectivity index (χ1) is 13.7. The van der Waals surface area contributed by atoms with Crippen molar-refractivity contribution < 1.29 is 9.53 Å². The lowest BCUT2D eigenvalue weighted by Crippen LogP contribution is -2.41. The minimum atomic E-state index is -0.188. The van der Waals surface area contributed by atoms with Crippen molar-refractivity contribution in [3.63, 3.8) is 0 Å². The number of carbonyl (C=O) groups is 1. The zero-order chi connectivity index (χ0) is 19.5. The van der Waals surface area contributed by atoms with Gasteiger partial charge in [-0.05, 0) is 61.2 Å². The number of hydrogen-bond donors (Lipinski definition) is 2. The Hall–Kier alpha value is -3.12. The fourth-order valence-corrected chi connectivity index (χ4v) is 3.34. The van der Waals surface area contributed by atoms with Crippen molar-refractivity contribution >= 4 is 5.91 Å². The number of para-hydroxylation sites is 1. The van der Waals surface area contributed by atoms with Crippen LogP contribution in [-0.4, -0.2) is 35.4 Å². The molecule has 6 heteroatoms. The molecule has 0 saturated heterocycles. The molecule has 0 spiro atoms. The fraction of sp³-hybridized carbons (Fsp3) is 0.273. The number of nitrogens with zero attached hydrogens (tertiary/aromatic N) is 2. The summed E-state index contributed by atoms with van der Waals surface area (Å²) in [6.45, 7) is 0.446. The SMILES string of the molecule is COc1ccc(-c2cc(C(=O)NC(CN)C3CC3)nn2-c2ccccc2)cc1. The summed E-state index contributed by atoms with van der Waals surface area (Å²) in [7, 11) is 1.64. The second-order valence-corrected chi connectivity index (χ2v) is 7.04. The number of amides is 1. The highest BCUT2D eigenvalue weighted by Crippen LogP contribution is 2.32. The molecule has 4 rings (SSSR count). The third kappa shape index (κ3) is 3.77. The molecule has 0 aliphatic heterocycles. The van der Waals surface area contributed by atoms with E-state index in [4.69, 9.17) is 10.5 Å². The molecule has 28 heavy (non-hydrogen) atoms. The van der Waals surface area contributed by atoms with Gasteiger partial charge in [-0.15, -0.1) is 0 Å². The van der Waals surface area contributed by atoms with E-state index in [1.165, 1.54) is 0 Å². The van der Waals surface area contributed by atoms with Crippen LogP contribution in [0, 0.1) is 5.92 Å². The Morgan fingerprint density at radius 2 is 1.93 bits per heavy atom. The van der Waals surface area contributed by atoms with Crippen LogP contribution in [-0.2, 0) is 0 Å². The van der Waals surface area contributed by atoms with Crippen molar-refractivity contribution in [3.05, 3.63) is 66.4 Å². The summed E-state index contributed by atoms with van der Waals surface area (Å²) in [5.74, 6) is 1.08. The van der Waals surface area contributed by atoms with Crippen LogP contribution in [0.5, 0.6) is 5.75 Å². The lowest BCUT2D eigenvalue weighted by molar-refractivity contribution is 0.0928. The van der Waals surface area contributed by atoms with Crippen LogP contribution in [0.15, 0.2) is 60.7 Å². The van der Waals surface area contributed by atoms with E-state index in [0.717, 1.165) is 35.5 Å². The number of nitrogens with one attached hydrogen (secondary N) is 1. The molecule has 0 radical (unpaired) electrons. The summed E-state index contributed by atoms with van der Waals surface area (Å²) >= 11 is 0. The second-order valence-electron chi connectivity index (χ2n) is 7.04.